The molecule has 0 saturated carbocycles. The van der Waals surface area contributed by atoms with Gasteiger partial charge < -0.3 is 0 Å². The van der Waals surface area contributed by atoms with Crippen LogP contribution in [0.2, 0.25) is 0 Å². The second-order valence-corrected chi connectivity index (χ2v) is 8.63. The van der Waals surface area contributed by atoms with Gasteiger partial charge in [-0.3, -0.25) is 9.83 Å². The zero-order valence-corrected chi connectivity index (χ0v) is 15.8. The van der Waals surface area contributed by atoms with Crippen LogP contribution in [0.5, 0.6) is 0 Å². The molecular formula is C16H21N3O2S2. The Morgan fingerprint density at radius 2 is 2.00 bits per heavy atom. The number of benzene rings is 1. The van der Waals surface area contributed by atoms with Crippen LogP contribution < -0.4 is 0 Å². The highest BCUT2D eigenvalue weighted by Gasteiger charge is 2.30. The molecule has 1 heterocycles. The highest BCUT2D eigenvalue weighted by molar-refractivity contribution is 8.17. The third-order valence-electron chi connectivity index (χ3n) is 3.28. The van der Waals surface area contributed by atoms with Crippen LogP contribution in [0.3, 0.4) is 0 Å². The molecule has 0 radical (unpaired) electrons. The van der Waals surface area contributed by atoms with E-state index in [1.54, 1.807) is 7.05 Å². The summed E-state index contributed by atoms with van der Waals surface area (Å²) in [5.74, 6) is 0. The van der Waals surface area contributed by atoms with Crippen LogP contribution in [-0.4, -0.2) is 33.1 Å². The Labute approximate surface area is 145 Å². The van der Waals surface area contributed by atoms with E-state index < -0.39 is 6.09 Å². The van der Waals surface area contributed by atoms with Gasteiger partial charge in [-0.2, -0.15) is 0 Å². The van der Waals surface area contributed by atoms with E-state index in [0.29, 0.717) is 5.04 Å². The Bertz CT molecular complexity index is 684. The second kappa shape index (κ2) is 6.97. The van der Waals surface area contributed by atoms with E-state index in [1.165, 1.54) is 39.1 Å². The molecule has 1 aliphatic heterocycles. The van der Waals surface area contributed by atoms with Crippen molar-refractivity contribution in [3.05, 3.63) is 29.3 Å². The molecule has 0 unspecified atom stereocenters. The van der Waals surface area contributed by atoms with Crippen molar-refractivity contribution in [2.75, 3.05) is 7.05 Å². The van der Waals surface area contributed by atoms with E-state index in [2.05, 4.69) is 17.1 Å². The predicted octanol–water partition coefficient (Wildman–Crippen LogP) is 4.64. The third-order valence-corrected chi connectivity index (χ3v) is 5.32. The molecule has 0 spiro atoms. The van der Waals surface area contributed by atoms with Gasteiger partial charge in [0.2, 0.25) is 0 Å². The molecular weight excluding hydrogens is 330 g/mol. The van der Waals surface area contributed by atoms with Crippen molar-refractivity contribution in [3.63, 3.8) is 0 Å². The number of nitrogens with zero attached hydrogens (tertiary/aromatic N) is 3. The normalized spacial score (nSPS) is 18.0. The van der Waals surface area contributed by atoms with Crippen molar-refractivity contribution in [2.24, 2.45) is 10.1 Å². The summed E-state index contributed by atoms with van der Waals surface area (Å²) in [6.45, 7) is 9.95. The van der Waals surface area contributed by atoms with Crippen LogP contribution in [-0.2, 0) is 4.84 Å². The number of rotatable bonds is 3. The molecule has 0 N–H and O–H groups in total. The molecule has 0 bridgehead atoms. The minimum Gasteiger partial charge on any atom is -0.296 e. The van der Waals surface area contributed by atoms with Gasteiger partial charge in [0.25, 0.3) is 0 Å². The summed E-state index contributed by atoms with van der Waals surface area (Å²) >= 11 is 2.79. The number of carbonyl (C=O) groups is 1. The van der Waals surface area contributed by atoms with Crippen molar-refractivity contribution in [1.82, 2.24) is 4.31 Å². The first-order valence-electron chi connectivity index (χ1n) is 7.22. The van der Waals surface area contributed by atoms with Gasteiger partial charge in [0.05, 0.1) is 5.71 Å². The Morgan fingerprint density at radius 1 is 1.30 bits per heavy atom. The summed E-state index contributed by atoms with van der Waals surface area (Å²) in [7, 11) is 1.66. The number of amides is 1. The average molecular weight is 351 g/mol. The fourth-order valence-corrected chi connectivity index (χ4v) is 3.68. The minimum atomic E-state index is -0.515. The van der Waals surface area contributed by atoms with Crippen LogP contribution in [0.25, 0.3) is 0 Å². The van der Waals surface area contributed by atoms with E-state index >= 15 is 0 Å². The fourth-order valence-electron chi connectivity index (χ4n) is 1.97. The number of hydrogen-bond acceptors (Lipinski definition) is 6. The van der Waals surface area contributed by atoms with E-state index in [4.69, 9.17) is 4.84 Å². The molecule has 0 aliphatic carbocycles. The van der Waals surface area contributed by atoms with Crippen molar-refractivity contribution >= 4 is 40.6 Å². The summed E-state index contributed by atoms with van der Waals surface area (Å²) in [6.07, 6.45) is -0.515. The molecule has 1 aromatic carbocycles. The number of carbonyl (C=O) groups excluding carboxylic acids is 1. The van der Waals surface area contributed by atoms with Crippen LogP contribution in [0, 0.1) is 13.8 Å². The standard InChI is InChI=1S/C16H21N3O2S2/c1-10-7-8-13(9-11(10)2)23-19(6)15(20)21-18-14-12(3)17-16(4,5)22-14/h7-9H,1-6H3. The molecule has 1 aliphatic rings. The first-order valence-corrected chi connectivity index (χ1v) is 8.81. The topological polar surface area (TPSA) is 54.3 Å². The van der Waals surface area contributed by atoms with E-state index in [9.17, 15) is 4.79 Å². The molecule has 124 valence electrons. The number of thioether (sulfide) groups is 1. The average Bonchev–Trinajstić information content (AvgIpc) is 2.72. The van der Waals surface area contributed by atoms with Crippen LogP contribution in [0.4, 0.5) is 4.79 Å². The SMILES string of the molecule is CC1=NC(C)(C)SC1=NOC(=O)N(C)Sc1ccc(C)c(C)c1. The molecule has 1 amide bonds. The smallest absolute Gasteiger partial charge is 0.296 e. The quantitative estimate of drug-likeness (QED) is 0.452. The van der Waals surface area contributed by atoms with Crippen LogP contribution >= 0.6 is 23.7 Å². The van der Waals surface area contributed by atoms with Crippen molar-refractivity contribution < 1.29 is 9.63 Å². The van der Waals surface area contributed by atoms with Gasteiger partial charge in [-0.1, -0.05) is 23.0 Å². The molecule has 0 atom stereocenters. The van der Waals surface area contributed by atoms with Crippen molar-refractivity contribution in [3.8, 4) is 0 Å². The maximum Gasteiger partial charge on any atom is 0.446 e. The summed E-state index contributed by atoms with van der Waals surface area (Å²) < 4.78 is 1.42. The van der Waals surface area contributed by atoms with Gasteiger partial charge in [-0.15, -0.1) is 0 Å². The van der Waals surface area contributed by atoms with E-state index in [-0.39, 0.29) is 4.87 Å². The van der Waals surface area contributed by atoms with E-state index in [0.717, 1.165) is 10.6 Å². The number of aryl methyl sites for hydroxylation is 2. The predicted molar refractivity (Wildman–Crippen MR) is 98.2 cm³/mol. The van der Waals surface area contributed by atoms with Gasteiger partial charge in [-0.25, -0.2) is 9.10 Å². The largest absolute Gasteiger partial charge is 0.446 e. The molecule has 7 heteroatoms. The highest BCUT2D eigenvalue weighted by atomic mass is 32.2. The van der Waals surface area contributed by atoms with Gasteiger partial charge in [0.15, 0.2) is 5.04 Å². The highest BCUT2D eigenvalue weighted by Crippen LogP contribution is 2.34. The molecule has 0 fully saturated rings. The molecule has 23 heavy (non-hydrogen) atoms. The maximum absolute atomic E-state index is 12.1. The molecule has 2 rings (SSSR count). The molecule has 0 aromatic heterocycles. The van der Waals surface area contributed by atoms with Gasteiger partial charge >= 0.3 is 6.09 Å². The van der Waals surface area contributed by atoms with Crippen molar-refractivity contribution in [1.29, 1.82) is 0 Å². The number of aliphatic imine (C=N–C) groups is 1. The Kier molecular flexibility index (Phi) is 5.41. The van der Waals surface area contributed by atoms with Gasteiger partial charge in [0, 0.05) is 11.9 Å². The lowest BCUT2D eigenvalue weighted by atomic mass is 10.1. The Hall–Kier alpha value is -1.47. The lowest BCUT2D eigenvalue weighted by Gasteiger charge is -2.14. The first kappa shape index (κ1) is 17.9. The summed E-state index contributed by atoms with van der Waals surface area (Å²) in [5.41, 5.74) is 3.20. The molecule has 1 aromatic rings. The van der Waals surface area contributed by atoms with Gasteiger partial charge in [0.1, 0.15) is 4.87 Å². The zero-order valence-electron chi connectivity index (χ0n) is 14.2. The van der Waals surface area contributed by atoms with Crippen LogP contribution in [0.15, 0.2) is 33.2 Å². The second-order valence-electron chi connectivity index (χ2n) is 5.83. The number of hydrogen-bond donors (Lipinski definition) is 0. The maximum atomic E-state index is 12.1. The Balaban J connectivity index is 1.96. The summed E-state index contributed by atoms with van der Waals surface area (Å²) in [5, 5.41) is 4.58. The molecule has 5 nitrogen and oxygen atoms in total. The number of oxime groups is 1. The van der Waals surface area contributed by atoms with Gasteiger partial charge in [-0.05, 0) is 69.8 Å². The first-order chi connectivity index (χ1) is 10.7. The lowest BCUT2D eigenvalue weighted by molar-refractivity contribution is 0.137. The zero-order chi connectivity index (χ0) is 17.2. The minimum absolute atomic E-state index is 0.255. The Morgan fingerprint density at radius 3 is 2.57 bits per heavy atom. The lowest BCUT2D eigenvalue weighted by Crippen LogP contribution is -2.19. The van der Waals surface area contributed by atoms with Crippen molar-refractivity contribution in [2.45, 2.75) is 44.4 Å². The van der Waals surface area contributed by atoms with E-state index in [1.807, 2.05) is 45.9 Å². The fraction of sp³-hybridized carbons (Fsp3) is 0.438. The molecule has 0 saturated heterocycles. The van der Waals surface area contributed by atoms with Crippen LogP contribution in [0.1, 0.15) is 31.9 Å². The monoisotopic (exact) mass is 351 g/mol. The summed E-state index contributed by atoms with van der Waals surface area (Å²) in [6, 6.07) is 6.06. The summed E-state index contributed by atoms with van der Waals surface area (Å²) in [4.78, 5) is 22.3. The third kappa shape index (κ3) is 4.75.